The van der Waals surface area contributed by atoms with Crippen LogP contribution in [0.2, 0.25) is 0 Å². The van der Waals surface area contributed by atoms with Crippen molar-refractivity contribution in [2.45, 2.75) is 37.8 Å². The molecule has 1 aromatic heterocycles. The molecular formula is C26H34N4O4. The van der Waals surface area contributed by atoms with Crippen molar-refractivity contribution in [2.24, 2.45) is 0 Å². The van der Waals surface area contributed by atoms with E-state index in [0.717, 1.165) is 43.8 Å². The molecule has 8 nitrogen and oxygen atoms in total. The van der Waals surface area contributed by atoms with Gasteiger partial charge in [-0.05, 0) is 55.0 Å². The van der Waals surface area contributed by atoms with Crippen molar-refractivity contribution >= 4 is 11.9 Å². The van der Waals surface area contributed by atoms with Gasteiger partial charge in [-0.2, -0.15) is 0 Å². The monoisotopic (exact) mass is 466 g/mol. The lowest BCUT2D eigenvalue weighted by atomic mass is 9.85. The van der Waals surface area contributed by atoms with Gasteiger partial charge in [0, 0.05) is 52.2 Å². The summed E-state index contributed by atoms with van der Waals surface area (Å²) in [5.74, 6) is 0.790. The molecule has 4 rings (SSSR count). The van der Waals surface area contributed by atoms with Crippen LogP contribution in [-0.2, 0) is 22.5 Å². The number of aryl methyl sites for hydroxylation is 1. The number of imide groups is 1. The van der Waals surface area contributed by atoms with Gasteiger partial charge in [-0.3, -0.25) is 19.6 Å². The van der Waals surface area contributed by atoms with Crippen molar-refractivity contribution in [3.8, 4) is 5.75 Å². The summed E-state index contributed by atoms with van der Waals surface area (Å²) >= 11 is 0. The summed E-state index contributed by atoms with van der Waals surface area (Å²) in [6.07, 6.45) is 6.35. The average molecular weight is 467 g/mol. The molecule has 0 bridgehead atoms. The maximum atomic E-state index is 13.6. The van der Waals surface area contributed by atoms with Crippen LogP contribution in [0.4, 0.5) is 4.79 Å². The van der Waals surface area contributed by atoms with Gasteiger partial charge in [-0.25, -0.2) is 4.79 Å². The second-order valence-corrected chi connectivity index (χ2v) is 9.00. The molecule has 1 aromatic carbocycles. The third-order valence-corrected chi connectivity index (χ3v) is 6.96. The number of carbonyl (C=O) groups is 2. The molecule has 0 aliphatic carbocycles. The molecule has 8 heteroatoms. The molecule has 2 aliphatic heterocycles. The predicted octanol–water partition coefficient (Wildman–Crippen LogP) is 2.97. The number of amides is 3. The molecule has 2 aliphatic rings. The minimum absolute atomic E-state index is 0.0520. The van der Waals surface area contributed by atoms with Crippen LogP contribution in [0.1, 0.15) is 30.4 Å². The number of rotatable bonds is 10. The van der Waals surface area contributed by atoms with Crippen molar-refractivity contribution in [3.05, 3.63) is 59.9 Å². The molecule has 3 amide bonds. The smallest absolute Gasteiger partial charge is 0.327 e. The Morgan fingerprint density at radius 2 is 1.76 bits per heavy atom. The van der Waals surface area contributed by atoms with Crippen molar-refractivity contribution in [3.63, 3.8) is 0 Å². The number of hydrogen-bond donors (Lipinski definition) is 0. The van der Waals surface area contributed by atoms with Gasteiger partial charge in [0.15, 0.2) is 0 Å². The molecule has 1 spiro atoms. The van der Waals surface area contributed by atoms with Crippen molar-refractivity contribution in [1.82, 2.24) is 19.7 Å². The first-order valence-corrected chi connectivity index (χ1v) is 11.9. The maximum absolute atomic E-state index is 13.6. The molecule has 0 unspecified atom stereocenters. The first-order chi connectivity index (χ1) is 16.6. The van der Waals surface area contributed by atoms with Crippen molar-refractivity contribution in [1.29, 1.82) is 0 Å². The van der Waals surface area contributed by atoms with Crippen LogP contribution < -0.4 is 4.74 Å². The van der Waals surface area contributed by atoms with E-state index in [0.29, 0.717) is 32.5 Å². The Balaban J connectivity index is 1.40. The van der Waals surface area contributed by atoms with E-state index < -0.39 is 5.54 Å². The van der Waals surface area contributed by atoms with E-state index >= 15 is 0 Å². The first kappa shape index (κ1) is 24.2. The highest BCUT2D eigenvalue weighted by atomic mass is 16.5. The highest BCUT2D eigenvalue weighted by Crippen LogP contribution is 2.37. The highest BCUT2D eigenvalue weighted by molar-refractivity contribution is 6.07. The van der Waals surface area contributed by atoms with E-state index in [-0.39, 0.29) is 11.9 Å². The molecule has 34 heavy (non-hydrogen) atoms. The summed E-state index contributed by atoms with van der Waals surface area (Å²) in [7, 11) is 3.29. The quantitative estimate of drug-likeness (QED) is 0.501. The number of ether oxygens (including phenoxy) is 2. The minimum atomic E-state index is -0.764. The molecule has 2 saturated heterocycles. The largest absolute Gasteiger partial charge is 0.497 e. The van der Waals surface area contributed by atoms with E-state index in [1.165, 1.54) is 10.5 Å². The van der Waals surface area contributed by atoms with Crippen LogP contribution in [0, 0.1) is 0 Å². The number of methoxy groups -OCH3 is 2. The summed E-state index contributed by atoms with van der Waals surface area (Å²) in [6.45, 7) is 3.61. The Labute approximate surface area is 201 Å². The number of pyridine rings is 1. The Morgan fingerprint density at radius 3 is 2.41 bits per heavy atom. The van der Waals surface area contributed by atoms with Gasteiger partial charge in [0.25, 0.3) is 5.91 Å². The molecule has 0 N–H and O–H groups in total. The number of nitrogens with zero attached hydrogens (tertiary/aromatic N) is 4. The first-order valence-electron chi connectivity index (χ1n) is 11.9. The van der Waals surface area contributed by atoms with Crippen LogP contribution in [0.15, 0.2) is 48.8 Å². The van der Waals surface area contributed by atoms with E-state index in [4.69, 9.17) is 9.47 Å². The molecule has 0 atom stereocenters. The molecular weight excluding hydrogens is 432 g/mol. The maximum Gasteiger partial charge on any atom is 0.327 e. The molecule has 0 saturated carbocycles. The third kappa shape index (κ3) is 5.08. The van der Waals surface area contributed by atoms with Gasteiger partial charge >= 0.3 is 6.03 Å². The van der Waals surface area contributed by atoms with E-state index in [1.54, 1.807) is 25.3 Å². The molecule has 182 valence electrons. The van der Waals surface area contributed by atoms with E-state index in [1.807, 2.05) is 30.5 Å². The van der Waals surface area contributed by atoms with Crippen LogP contribution in [0.3, 0.4) is 0 Å². The fourth-order valence-electron chi connectivity index (χ4n) is 5.01. The SMILES string of the molecule is COCCN1C(=O)N(CCCc2cccnc2)C(=O)C12CCN(Cc1ccc(OC)cc1)CC2. The fourth-order valence-corrected chi connectivity index (χ4v) is 5.01. The van der Waals surface area contributed by atoms with Crippen molar-refractivity contribution < 1.29 is 19.1 Å². The Kier molecular flexibility index (Phi) is 7.80. The Hall–Kier alpha value is -2.97. The number of urea groups is 1. The van der Waals surface area contributed by atoms with Crippen LogP contribution in [0.5, 0.6) is 5.75 Å². The summed E-state index contributed by atoms with van der Waals surface area (Å²) in [5.41, 5.74) is 1.55. The lowest BCUT2D eigenvalue weighted by Crippen LogP contribution is -2.57. The summed E-state index contributed by atoms with van der Waals surface area (Å²) in [6, 6.07) is 11.8. The lowest BCUT2D eigenvalue weighted by molar-refractivity contribution is -0.136. The normalized spacial score (nSPS) is 18.2. The second kappa shape index (κ2) is 11.0. The summed E-state index contributed by atoms with van der Waals surface area (Å²) in [5, 5.41) is 0. The van der Waals surface area contributed by atoms with Crippen molar-refractivity contribution in [2.75, 3.05) is 47.0 Å². The highest BCUT2D eigenvalue weighted by Gasteiger charge is 2.57. The van der Waals surface area contributed by atoms with Crippen LogP contribution >= 0.6 is 0 Å². The summed E-state index contributed by atoms with van der Waals surface area (Å²) < 4.78 is 10.5. The predicted molar refractivity (Wildman–Crippen MR) is 128 cm³/mol. The third-order valence-electron chi connectivity index (χ3n) is 6.96. The van der Waals surface area contributed by atoms with Gasteiger partial charge < -0.3 is 14.4 Å². The number of piperidine rings is 1. The topological polar surface area (TPSA) is 75.2 Å². The average Bonchev–Trinajstić information content (AvgIpc) is 3.06. The second-order valence-electron chi connectivity index (χ2n) is 9.00. The fraction of sp³-hybridized carbons (Fsp3) is 0.500. The zero-order valence-corrected chi connectivity index (χ0v) is 20.1. The van der Waals surface area contributed by atoms with Crippen LogP contribution in [-0.4, -0.2) is 84.2 Å². The van der Waals surface area contributed by atoms with Gasteiger partial charge in [-0.1, -0.05) is 18.2 Å². The van der Waals surface area contributed by atoms with Crippen LogP contribution in [0.25, 0.3) is 0 Å². The Morgan fingerprint density at radius 1 is 1.00 bits per heavy atom. The number of likely N-dealkylation sites (tertiary alicyclic amines) is 1. The van der Waals surface area contributed by atoms with E-state index in [2.05, 4.69) is 22.0 Å². The zero-order valence-electron chi connectivity index (χ0n) is 20.1. The van der Waals surface area contributed by atoms with Gasteiger partial charge in [0.05, 0.1) is 13.7 Å². The number of benzene rings is 1. The standard InChI is InChI=1S/C26H34N4O4/c1-33-18-17-30-25(32)29(14-4-6-21-5-3-13-27-19-21)24(31)26(30)11-15-28(16-12-26)20-22-7-9-23(34-2)10-8-22/h3,5,7-10,13,19H,4,6,11-12,14-18,20H2,1-2H3. The number of carbonyl (C=O) groups excluding carboxylic acids is 2. The number of hydrogen-bond acceptors (Lipinski definition) is 6. The minimum Gasteiger partial charge on any atom is -0.497 e. The molecule has 2 fully saturated rings. The number of aromatic nitrogens is 1. The summed E-state index contributed by atoms with van der Waals surface area (Å²) in [4.78, 5) is 36.7. The van der Waals surface area contributed by atoms with Gasteiger partial charge in [0.1, 0.15) is 11.3 Å². The van der Waals surface area contributed by atoms with Gasteiger partial charge in [0.2, 0.25) is 0 Å². The molecule has 3 heterocycles. The lowest BCUT2D eigenvalue weighted by Gasteiger charge is -2.42. The van der Waals surface area contributed by atoms with Gasteiger partial charge in [-0.15, -0.1) is 0 Å². The van der Waals surface area contributed by atoms with E-state index in [9.17, 15) is 9.59 Å². The zero-order chi connectivity index (χ0) is 24.0. The molecule has 0 radical (unpaired) electrons. The molecule has 2 aromatic rings. The Bertz CT molecular complexity index is 959.